The number of hydrogen-bond acceptors (Lipinski definition) is 5. The summed E-state index contributed by atoms with van der Waals surface area (Å²) in [7, 11) is 1.72. The standard InChI is InChI=1S/C12H16N6O3/c1-7(2)14-9(19)5-18-11(8-4-13-6-17(8)3)10(12(20)21)15-16-18/h4,6-7H,5H2,1-3H3,(H,14,19)(H,20,21). The number of nitrogens with zero attached hydrogens (tertiary/aromatic N) is 5. The van der Waals surface area contributed by atoms with E-state index in [1.165, 1.54) is 17.2 Å². The Balaban J connectivity index is 2.41. The molecule has 0 saturated carbocycles. The van der Waals surface area contributed by atoms with Gasteiger partial charge in [0.2, 0.25) is 5.91 Å². The Morgan fingerprint density at radius 2 is 2.14 bits per heavy atom. The largest absolute Gasteiger partial charge is 0.476 e. The summed E-state index contributed by atoms with van der Waals surface area (Å²) in [6.07, 6.45) is 3.04. The molecule has 0 aliphatic heterocycles. The molecule has 2 heterocycles. The van der Waals surface area contributed by atoms with Crippen molar-refractivity contribution < 1.29 is 14.7 Å². The second-order valence-corrected chi connectivity index (χ2v) is 4.86. The zero-order valence-electron chi connectivity index (χ0n) is 11.9. The van der Waals surface area contributed by atoms with E-state index in [0.29, 0.717) is 5.69 Å². The van der Waals surface area contributed by atoms with Crippen LogP contribution in [0.25, 0.3) is 11.4 Å². The van der Waals surface area contributed by atoms with E-state index in [9.17, 15) is 14.7 Å². The molecule has 2 N–H and O–H groups in total. The summed E-state index contributed by atoms with van der Waals surface area (Å²) in [5, 5.41) is 19.3. The van der Waals surface area contributed by atoms with Crippen molar-refractivity contribution in [1.29, 1.82) is 0 Å². The first-order chi connectivity index (χ1) is 9.90. The van der Waals surface area contributed by atoms with Crippen molar-refractivity contribution in [3.05, 3.63) is 18.2 Å². The van der Waals surface area contributed by atoms with Gasteiger partial charge in [-0.05, 0) is 13.8 Å². The van der Waals surface area contributed by atoms with E-state index in [1.54, 1.807) is 11.6 Å². The first-order valence-corrected chi connectivity index (χ1v) is 6.33. The Morgan fingerprint density at radius 3 is 2.67 bits per heavy atom. The molecule has 0 aromatic carbocycles. The van der Waals surface area contributed by atoms with Crippen LogP contribution in [-0.2, 0) is 18.4 Å². The van der Waals surface area contributed by atoms with Gasteiger partial charge in [-0.25, -0.2) is 14.5 Å². The van der Waals surface area contributed by atoms with Gasteiger partial charge < -0.3 is 15.0 Å². The molecule has 2 rings (SSSR count). The summed E-state index contributed by atoms with van der Waals surface area (Å²) in [5.74, 6) is -1.48. The van der Waals surface area contributed by atoms with Crippen molar-refractivity contribution in [3.8, 4) is 11.4 Å². The number of aryl methyl sites for hydroxylation is 1. The summed E-state index contributed by atoms with van der Waals surface area (Å²) < 4.78 is 2.90. The zero-order valence-corrected chi connectivity index (χ0v) is 11.9. The maximum Gasteiger partial charge on any atom is 0.358 e. The highest BCUT2D eigenvalue weighted by molar-refractivity contribution is 5.92. The molecule has 0 aliphatic carbocycles. The summed E-state index contributed by atoms with van der Waals surface area (Å²) in [6.45, 7) is 3.56. The highest BCUT2D eigenvalue weighted by Crippen LogP contribution is 2.21. The third-order valence-electron chi connectivity index (χ3n) is 2.74. The average Bonchev–Trinajstić information content (AvgIpc) is 2.94. The number of amides is 1. The van der Waals surface area contributed by atoms with Crippen LogP contribution in [0.3, 0.4) is 0 Å². The minimum absolute atomic E-state index is 0.0138. The molecule has 0 radical (unpaired) electrons. The normalized spacial score (nSPS) is 10.9. The van der Waals surface area contributed by atoms with E-state index < -0.39 is 5.97 Å². The number of aromatic nitrogens is 5. The minimum atomic E-state index is -1.21. The summed E-state index contributed by atoms with van der Waals surface area (Å²) in [4.78, 5) is 27.0. The van der Waals surface area contributed by atoms with E-state index in [1.807, 2.05) is 13.8 Å². The Kier molecular flexibility index (Phi) is 4.01. The Morgan fingerprint density at radius 1 is 1.43 bits per heavy atom. The van der Waals surface area contributed by atoms with Gasteiger partial charge >= 0.3 is 5.97 Å². The third kappa shape index (κ3) is 3.07. The first kappa shape index (κ1) is 14.7. The Labute approximate surface area is 120 Å². The molecule has 2 aromatic heterocycles. The van der Waals surface area contributed by atoms with Crippen LogP contribution >= 0.6 is 0 Å². The SMILES string of the molecule is CC(C)NC(=O)Cn1nnc(C(=O)O)c1-c1cncn1C. The predicted octanol–water partition coefficient (Wildman–Crippen LogP) is -0.0986. The lowest BCUT2D eigenvalue weighted by molar-refractivity contribution is -0.122. The van der Waals surface area contributed by atoms with Crippen LogP contribution in [0.2, 0.25) is 0 Å². The zero-order chi connectivity index (χ0) is 15.6. The molecule has 9 heteroatoms. The van der Waals surface area contributed by atoms with Crippen LogP contribution in [0.5, 0.6) is 0 Å². The van der Waals surface area contributed by atoms with Crippen molar-refractivity contribution in [1.82, 2.24) is 29.9 Å². The van der Waals surface area contributed by atoms with Crippen molar-refractivity contribution in [2.75, 3.05) is 0 Å². The van der Waals surface area contributed by atoms with Gasteiger partial charge in [0.05, 0.1) is 18.2 Å². The van der Waals surface area contributed by atoms with Gasteiger partial charge in [-0.2, -0.15) is 0 Å². The molecule has 112 valence electrons. The Hall–Kier alpha value is -2.71. The molecule has 0 spiro atoms. The summed E-state index contributed by atoms with van der Waals surface area (Å²) in [5.41, 5.74) is 0.562. The van der Waals surface area contributed by atoms with E-state index in [0.717, 1.165) is 0 Å². The van der Waals surface area contributed by atoms with Gasteiger partial charge in [-0.3, -0.25) is 4.79 Å². The number of nitrogens with one attached hydrogen (secondary N) is 1. The molecule has 0 unspecified atom stereocenters. The van der Waals surface area contributed by atoms with Crippen molar-refractivity contribution in [3.63, 3.8) is 0 Å². The van der Waals surface area contributed by atoms with Crippen LogP contribution < -0.4 is 5.32 Å². The quantitative estimate of drug-likeness (QED) is 0.795. The highest BCUT2D eigenvalue weighted by Gasteiger charge is 2.23. The van der Waals surface area contributed by atoms with E-state index in [2.05, 4.69) is 20.6 Å². The van der Waals surface area contributed by atoms with Crippen LogP contribution in [0.4, 0.5) is 0 Å². The number of aromatic carboxylic acids is 1. The van der Waals surface area contributed by atoms with Gasteiger partial charge in [0.1, 0.15) is 12.2 Å². The summed E-state index contributed by atoms with van der Waals surface area (Å²) in [6, 6.07) is -0.0138. The highest BCUT2D eigenvalue weighted by atomic mass is 16.4. The lowest BCUT2D eigenvalue weighted by atomic mass is 10.2. The monoisotopic (exact) mass is 292 g/mol. The first-order valence-electron chi connectivity index (χ1n) is 6.33. The van der Waals surface area contributed by atoms with Gasteiger partial charge in [0.15, 0.2) is 5.69 Å². The molecule has 0 bridgehead atoms. The van der Waals surface area contributed by atoms with Crippen LogP contribution in [0.15, 0.2) is 12.5 Å². The predicted molar refractivity (Wildman–Crippen MR) is 72.5 cm³/mol. The number of imidazole rings is 1. The second-order valence-electron chi connectivity index (χ2n) is 4.86. The number of carbonyl (C=O) groups is 2. The molecule has 2 aromatic rings. The molecule has 1 amide bonds. The van der Waals surface area contributed by atoms with Crippen LogP contribution in [0, 0.1) is 0 Å². The van der Waals surface area contributed by atoms with Crippen LogP contribution in [-0.4, -0.2) is 47.6 Å². The lowest BCUT2D eigenvalue weighted by Crippen LogP contribution is -2.33. The van der Waals surface area contributed by atoms with Gasteiger partial charge in [0, 0.05) is 13.1 Å². The maximum absolute atomic E-state index is 11.8. The van der Waals surface area contributed by atoms with Crippen molar-refractivity contribution >= 4 is 11.9 Å². The van der Waals surface area contributed by atoms with Gasteiger partial charge in [-0.1, -0.05) is 5.21 Å². The molecular formula is C12H16N6O3. The van der Waals surface area contributed by atoms with Gasteiger partial charge in [0.25, 0.3) is 0 Å². The van der Waals surface area contributed by atoms with E-state index in [-0.39, 0.29) is 29.9 Å². The smallest absolute Gasteiger partial charge is 0.358 e. The number of carboxylic acid groups (broad SMARTS) is 1. The molecule has 0 atom stereocenters. The molecule has 21 heavy (non-hydrogen) atoms. The topological polar surface area (TPSA) is 115 Å². The fourth-order valence-corrected chi connectivity index (χ4v) is 1.91. The molecule has 0 fully saturated rings. The van der Waals surface area contributed by atoms with Crippen molar-refractivity contribution in [2.45, 2.75) is 26.4 Å². The fourth-order valence-electron chi connectivity index (χ4n) is 1.91. The summed E-state index contributed by atoms with van der Waals surface area (Å²) >= 11 is 0. The van der Waals surface area contributed by atoms with E-state index >= 15 is 0 Å². The molecular weight excluding hydrogens is 276 g/mol. The Bertz CT molecular complexity index is 672. The second kappa shape index (κ2) is 5.73. The average molecular weight is 292 g/mol. The number of hydrogen-bond donors (Lipinski definition) is 2. The minimum Gasteiger partial charge on any atom is -0.476 e. The molecule has 0 aliphatic rings. The number of carbonyl (C=O) groups excluding carboxylic acids is 1. The van der Waals surface area contributed by atoms with E-state index in [4.69, 9.17) is 0 Å². The maximum atomic E-state index is 11.8. The number of rotatable bonds is 5. The van der Waals surface area contributed by atoms with Crippen LogP contribution in [0.1, 0.15) is 24.3 Å². The lowest BCUT2D eigenvalue weighted by Gasteiger charge is -2.10. The molecule has 0 saturated heterocycles. The number of carboxylic acids is 1. The fraction of sp³-hybridized carbons (Fsp3) is 0.417. The van der Waals surface area contributed by atoms with Crippen molar-refractivity contribution in [2.24, 2.45) is 7.05 Å². The molecule has 9 nitrogen and oxygen atoms in total. The van der Waals surface area contributed by atoms with Gasteiger partial charge in [-0.15, -0.1) is 5.10 Å². The third-order valence-corrected chi connectivity index (χ3v) is 2.74.